The average molecular weight is 489 g/mol. The van der Waals surface area contributed by atoms with Gasteiger partial charge >= 0.3 is 0 Å². The highest BCUT2D eigenvalue weighted by Gasteiger charge is 2.28. The second-order valence-electron chi connectivity index (χ2n) is 7.82. The van der Waals surface area contributed by atoms with Gasteiger partial charge in [0.2, 0.25) is 0 Å². The molecule has 0 N–H and O–H groups in total. The van der Waals surface area contributed by atoms with Gasteiger partial charge < -0.3 is 14.4 Å². The van der Waals surface area contributed by atoms with Crippen molar-refractivity contribution in [1.29, 1.82) is 0 Å². The number of methoxy groups -OCH3 is 2. The van der Waals surface area contributed by atoms with Crippen molar-refractivity contribution in [3.63, 3.8) is 0 Å². The Bertz CT molecular complexity index is 1140. The maximum Gasteiger partial charge on any atom is 0.160 e. The van der Waals surface area contributed by atoms with Crippen LogP contribution in [-0.2, 0) is 4.79 Å². The molecule has 33 heavy (non-hydrogen) atoms. The highest BCUT2D eigenvalue weighted by atomic mass is 35.5. The first-order valence-electron chi connectivity index (χ1n) is 10.6. The Labute approximate surface area is 203 Å². The van der Waals surface area contributed by atoms with Crippen LogP contribution in [0.25, 0.3) is 11.3 Å². The van der Waals surface area contributed by atoms with Gasteiger partial charge in [-0.2, -0.15) is 5.10 Å². The molecule has 0 bridgehead atoms. The van der Waals surface area contributed by atoms with Crippen molar-refractivity contribution in [2.45, 2.75) is 13.1 Å². The fourth-order valence-electron chi connectivity index (χ4n) is 4.10. The fraction of sp³-hybridized carbons (Fsp3) is 0.333. The Kier molecular flexibility index (Phi) is 7.12. The normalized spacial score (nSPS) is 15.4. The molecule has 0 radical (unpaired) electrons. The lowest BCUT2D eigenvalue weighted by atomic mass is 10.1. The lowest BCUT2D eigenvalue weighted by Crippen LogP contribution is -2.49. The summed E-state index contributed by atoms with van der Waals surface area (Å²) in [5.74, 6) is 1.37. The number of ether oxygens (including phenoxy) is 2. The Morgan fingerprint density at radius 3 is 2.45 bits per heavy atom. The third-order valence-corrected chi connectivity index (χ3v) is 6.75. The van der Waals surface area contributed by atoms with Crippen molar-refractivity contribution in [3.8, 4) is 22.8 Å². The molecule has 0 saturated carbocycles. The van der Waals surface area contributed by atoms with Gasteiger partial charge in [-0.25, -0.2) is 4.68 Å². The second kappa shape index (κ2) is 10.0. The zero-order valence-corrected chi connectivity index (χ0v) is 20.3. The van der Waals surface area contributed by atoms with Crippen molar-refractivity contribution >= 4 is 35.2 Å². The number of rotatable bonds is 7. The van der Waals surface area contributed by atoms with E-state index in [0.29, 0.717) is 34.6 Å². The van der Waals surface area contributed by atoms with Gasteiger partial charge in [-0.3, -0.25) is 9.69 Å². The van der Waals surface area contributed by atoms with Crippen LogP contribution in [0.15, 0.2) is 42.5 Å². The average Bonchev–Trinajstić information content (AvgIpc) is 3.14. The van der Waals surface area contributed by atoms with Gasteiger partial charge in [0.05, 0.1) is 30.0 Å². The van der Waals surface area contributed by atoms with Crippen molar-refractivity contribution < 1.29 is 14.3 Å². The third-order valence-electron chi connectivity index (χ3n) is 5.98. The zero-order valence-electron chi connectivity index (χ0n) is 18.8. The predicted octanol–water partition coefficient (Wildman–Crippen LogP) is 4.70. The number of carbonyl (C=O) groups excluding carboxylic acids is 1. The van der Waals surface area contributed by atoms with Gasteiger partial charge in [0, 0.05) is 43.5 Å². The van der Waals surface area contributed by atoms with Gasteiger partial charge in [-0.05, 0) is 31.2 Å². The first-order valence-corrected chi connectivity index (χ1v) is 11.4. The lowest BCUT2D eigenvalue weighted by molar-refractivity contribution is -0.116. The Morgan fingerprint density at radius 2 is 1.79 bits per heavy atom. The second-order valence-corrected chi connectivity index (χ2v) is 8.60. The number of nitrogens with zero attached hydrogens (tertiary/aromatic N) is 4. The summed E-state index contributed by atoms with van der Waals surface area (Å²) >= 11 is 12.8. The molecule has 0 aliphatic carbocycles. The Morgan fingerprint density at radius 1 is 1.03 bits per heavy atom. The molecule has 9 heteroatoms. The minimum Gasteiger partial charge on any atom is -0.497 e. The number of hydrogen-bond acceptors (Lipinski definition) is 6. The van der Waals surface area contributed by atoms with Crippen LogP contribution >= 0.6 is 23.2 Å². The summed E-state index contributed by atoms with van der Waals surface area (Å²) in [6.07, 6.45) is 0.385. The van der Waals surface area contributed by atoms with Crippen molar-refractivity contribution in [1.82, 2.24) is 14.7 Å². The first kappa shape index (κ1) is 23.4. The standard InChI is InChI=1S/C24H26Cl2N4O3/c1-16-23(26)24(17-5-4-6-19(13-17)32-2)27-30(16)22(15-31)29-11-9-28(10-12-29)18-7-8-20(25)21(14-18)33-3/h4-8,13-15,22H,9-12H2,1-3H3. The quantitative estimate of drug-likeness (QED) is 0.449. The molecule has 174 valence electrons. The summed E-state index contributed by atoms with van der Waals surface area (Å²) in [6.45, 7) is 4.78. The van der Waals surface area contributed by atoms with Crippen LogP contribution in [-0.4, -0.2) is 61.4 Å². The van der Waals surface area contributed by atoms with Crippen LogP contribution in [0.3, 0.4) is 0 Å². The molecule has 2 aromatic carbocycles. The molecule has 3 aromatic rings. The van der Waals surface area contributed by atoms with E-state index >= 15 is 0 Å². The summed E-state index contributed by atoms with van der Waals surface area (Å²) in [7, 11) is 3.22. The molecule has 1 fully saturated rings. The van der Waals surface area contributed by atoms with E-state index in [1.165, 1.54) is 0 Å². The molecule has 1 aliphatic heterocycles. The highest BCUT2D eigenvalue weighted by molar-refractivity contribution is 6.33. The number of aromatic nitrogens is 2. The third kappa shape index (κ3) is 4.67. The number of anilines is 1. The number of benzene rings is 2. The summed E-state index contributed by atoms with van der Waals surface area (Å²) in [5, 5.41) is 5.83. The Hall–Kier alpha value is -2.74. The largest absolute Gasteiger partial charge is 0.497 e. The van der Waals surface area contributed by atoms with Crippen LogP contribution in [0.4, 0.5) is 5.69 Å². The number of piperazine rings is 1. The number of hydrogen-bond donors (Lipinski definition) is 0. The monoisotopic (exact) mass is 488 g/mol. The molecule has 0 amide bonds. The number of carbonyl (C=O) groups is 1. The predicted molar refractivity (Wildman–Crippen MR) is 131 cm³/mol. The molecule has 1 unspecified atom stereocenters. The molecule has 0 spiro atoms. The van der Waals surface area contributed by atoms with E-state index < -0.39 is 6.17 Å². The van der Waals surface area contributed by atoms with E-state index in [1.807, 2.05) is 49.4 Å². The summed E-state index contributed by atoms with van der Waals surface area (Å²) in [4.78, 5) is 16.5. The minimum absolute atomic E-state index is 0.530. The first-order chi connectivity index (χ1) is 16.0. The van der Waals surface area contributed by atoms with E-state index in [9.17, 15) is 4.79 Å². The van der Waals surface area contributed by atoms with Crippen LogP contribution < -0.4 is 14.4 Å². The zero-order chi connectivity index (χ0) is 23.5. The minimum atomic E-state index is -0.538. The van der Waals surface area contributed by atoms with Gasteiger partial charge in [0.25, 0.3) is 0 Å². The van der Waals surface area contributed by atoms with E-state index in [-0.39, 0.29) is 0 Å². The maximum absolute atomic E-state index is 12.2. The SMILES string of the molecule is COc1cccc(-c2nn(C(C=O)N3CCN(c4ccc(Cl)c(OC)c4)CC3)c(C)c2Cl)c1. The molecule has 1 aromatic heterocycles. The molecular formula is C24H26Cl2N4O3. The molecule has 1 atom stereocenters. The van der Waals surface area contributed by atoms with Crippen molar-refractivity contribution in [2.75, 3.05) is 45.3 Å². The molecule has 2 heterocycles. The van der Waals surface area contributed by atoms with Crippen molar-refractivity contribution in [3.05, 3.63) is 58.2 Å². The molecule has 4 rings (SSSR count). The summed E-state index contributed by atoms with van der Waals surface area (Å²) in [5.41, 5.74) is 3.26. The van der Waals surface area contributed by atoms with Crippen LogP contribution in [0.5, 0.6) is 11.5 Å². The van der Waals surface area contributed by atoms with Gasteiger partial charge in [-0.1, -0.05) is 35.3 Å². The molecular weight excluding hydrogens is 463 g/mol. The van der Waals surface area contributed by atoms with Gasteiger partial charge in [0.15, 0.2) is 12.5 Å². The van der Waals surface area contributed by atoms with Gasteiger partial charge in [-0.15, -0.1) is 0 Å². The van der Waals surface area contributed by atoms with E-state index in [4.69, 9.17) is 37.8 Å². The maximum atomic E-state index is 12.2. The summed E-state index contributed by atoms with van der Waals surface area (Å²) in [6, 6.07) is 13.3. The molecule has 1 saturated heterocycles. The Balaban J connectivity index is 1.53. The number of aldehydes is 1. The van der Waals surface area contributed by atoms with E-state index in [1.54, 1.807) is 18.9 Å². The van der Waals surface area contributed by atoms with Crippen LogP contribution in [0.2, 0.25) is 10.0 Å². The van der Waals surface area contributed by atoms with E-state index in [0.717, 1.165) is 42.1 Å². The topological polar surface area (TPSA) is 59.8 Å². The number of halogens is 2. The molecule has 1 aliphatic rings. The lowest BCUT2D eigenvalue weighted by Gasteiger charge is -2.38. The van der Waals surface area contributed by atoms with E-state index in [2.05, 4.69) is 9.80 Å². The smallest absolute Gasteiger partial charge is 0.160 e. The van der Waals surface area contributed by atoms with Crippen LogP contribution in [0.1, 0.15) is 11.9 Å². The van der Waals surface area contributed by atoms with Crippen LogP contribution in [0, 0.1) is 6.92 Å². The van der Waals surface area contributed by atoms with Crippen molar-refractivity contribution in [2.24, 2.45) is 0 Å². The fourth-order valence-corrected chi connectivity index (χ4v) is 4.53. The summed E-state index contributed by atoms with van der Waals surface area (Å²) < 4.78 is 12.4. The highest BCUT2D eigenvalue weighted by Crippen LogP contribution is 2.34. The molecule has 7 nitrogen and oxygen atoms in total. The van der Waals surface area contributed by atoms with Gasteiger partial charge in [0.1, 0.15) is 17.2 Å².